The first-order valence-electron chi connectivity index (χ1n) is 5.98. The molecule has 1 unspecified atom stereocenters. The fourth-order valence-corrected chi connectivity index (χ4v) is 2.13. The lowest BCUT2D eigenvalue weighted by Gasteiger charge is -2.13. The number of halogens is 2. The molecular weight excluding hydrogens is 345 g/mol. The Morgan fingerprint density at radius 1 is 1.29 bits per heavy atom. The highest BCUT2D eigenvalue weighted by Gasteiger charge is 2.19. The van der Waals surface area contributed by atoms with Crippen molar-refractivity contribution in [2.45, 2.75) is 13.0 Å². The number of hydrogen-bond donors (Lipinski definition) is 1. The van der Waals surface area contributed by atoms with E-state index >= 15 is 0 Å². The van der Waals surface area contributed by atoms with Crippen LogP contribution in [0.4, 0.5) is 10.1 Å². The summed E-state index contributed by atoms with van der Waals surface area (Å²) in [5.74, 6) is -0.350. The van der Waals surface area contributed by atoms with Crippen LogP contribution in [-0.4, -0.2) is 10.0 Å². The fraction of sp³-hybridized carbons (Fsp3) is 0.143. The van der Waals surface area contributed by atoms with Gasteiger partial charge < -0.3 is 9.84 Å². The predicted octanol–water partition coefficient (Wildman–Crippen LogP) is 4.34. The van der Waals surface area contributed by atoms with Gasteiger partial charge in [-0.05, 0) is 37.3 Å². The molecule has 21 heavy (non-hydrogen) atoms. The molecule has 0 bridgehead atoms. The van der Waals surface area contributed by atoms with Gasteiger partial charge >= 0.3 is 5.69 Å². The third-order valence-electron chi connectivity index (χ3n) is 2.76. The zero-order valence-corrected chi connectivity index (χ0v) is 12.5. The van der Waals surface area contributed by atoms with Crippen LogP contribution in [0.15, 0.2) is 40.9 Å². The largest absolute Gasteiger partial charge is 0.450 e. The maximum absolute atomic E-state index is 13.2. The van der Waals surface area contributed by atoms with Gasteiger partial charge in [-0.15, -0.1) is 0 Å². The lowest BCUT2D eigenvalue weighted by atomic mass is 10.1. The van der Waals surface area contributed by atoms with E-state index in [2.05, 4.69) is 15.9 Å². The van der Waals surface area contributed by atoms with E-state index in [0.29, 0.717) is 4.47 Å². The van der Waals surface area contributed by atoms with Gasteiger partial charge in [0.05, 0.1) is 11.0 Å². The predicted molar refractivity (Wildman–Crippen MR) is 77.9 cm³/mol. The molecule has 110 valence electrons. The summed E-state index contributed by atoms with van der Waals surface area (Å²) in [6, 6.07) is 7.94. The number of nitro groups is 1. The van der Waals surface area contributed by atoms with Crippen molar-refractivity contribution in [3.05, 3.63) is 62.4 Å². The standard InChI is InChI=1S/C14H11BrFNO4/c1-8(18)11-7-10(16)3-5-13(11)21-14-4-2-9(15)6-12(14)17(19)20/h2-8,18H,1H3. The number of aliphatic hydroxyl groups excluding tert-OH is 1. The van der Waals surface area contributed by atoms with Crippen LogP contribution >= 0.6 is 15.9 Å². The van der Waals surface area contributed by atoms with Crippen LogP contribution in [0.5, 0.6) is 11.5 Å². The molecule has 0 saturated carbocycles. The summed E-state index contributed by atoms with van der Waals surface area (Å²) in [7, 11) is 0. The lowest BCUT2D eigenvalue weighted by molar-refractivity contribution is -0.385. The van der Waals surface area contributed by atoms with E-state index in [0.717, 1.165) is 12.1 Å². The minimum absolute atomic E-state index is 0.0108. The van der Waals surface area contributed by atoms with E-state index in [1.54, 1.807) is 6.07 Å². The molecule has 0 aliphatic rings. The molecule has 2 rings (SSSR count). The molecular formula is C14H11BrFNO4. The molecule has 0 radical (unpaired) electrons. The molecule has 2 aromatic rings. The van der Waals surface area contributed by atoms with E-state index in [4.69, 9.17) is 4.74 Å². The van der Waals surface area contributed by atoms with Gasteiger partial charge in [0.1, 0.15) is 11.6 Å². The van der Waals surface area contributed by atoms with Gasteiger partial charge in [0, 0.05) is 16.1 Å². The van der Waals surface area contributed by atoms with Crippen molar-refractivity contribution >= 4 is 21.6 Å². The van der Waals surface area contributed by atoms with Gasteiger partial charge in [-0.1, -0.05) is 15.9 Å². The molecule has 1 atom stereocenters. The summed E-state index contributed by atoms with van der Waals surface area (Å²) in [5.41, 5.74) is -0.0162. The molecule has 0 spiro atoms. The molecule has 7 heteroatoms. The number of hydrogen-bond acceptors (Lipinski definition) is 4. The zero-order valence-electron chi connectivity index (χ0n) is 10.9. The number of rotatable bonds is 4. The second kappa shape index (κ2) is 6.19. The molecule has 0 heterocycles. The van der Waals surface area contributed by atoms with Crippen molar-refractivity contribution in [1.29, 1.82) is 0 Å². The van der Waals surface area contributed by atoms with Crippen LogP contribution in [0.25, 0.3) is 0 Å². The van der Waals surface area contributed by atoms with Gasteiger partial charge in [-0.2, -0.15) is 0 Å². The zero-order chi connectivity index (χ0) is 15.6. The van der Waals surface area contributed by atoms with Crippen molar-refractivity contribution in [2.24, 2.45) is 0 Å². The Morgan fingerprint density at radius 2 is 1.95 bits per heavy atom. The summed E-state index contributed by atoms with van der Waals surface area (Å²) >= 11 is 3.15. The number of benzene rings is 2. The monoisotopic (exact) mass is 355 g/mol. The second-order valence-corrected chi connectivity index (χ2v) is 5.25. The summed E-state index contributed by atoms with van der Waals surface area (Å²) < 4.78 is 19.2. The van der Waals surface area contributed by atoms with Crippen molar-refractivity contribution in [1.82, 2.24) is 0 Å². The van der Waals surface area contributed by atoms with Crippen LogP contribution in [0, 0.1) is 15.9 Å². The smallest absolute Gasteiger partial charge is 0.312 e. The molecule has 0 aromatic heterocycles. The van der Waals surface area contributed by atoms with Crippen molar-refractivity contribution in [3.8, 4) is 11.5 Å². The van der Waals surface area contributed by atoms with Crippen molar-refractivity contribution in [2.75, 3.05) is 0 Å². The molecule has 1 N–H and O–H groups in total. The number of ether oxygens (including phenoxy) is 1. The van der Waals surface area contributed by atoms with Gasteiger partial charge in [-0.25, -0.2) is 4.39 Å². The minimum atomic E-state index is -0.967. The quantitative estimate of drug-likeness (QED) is 0.653. The average Bonchev–Trinajstić information content (AvgIpc) is 2.42. The molecule has 0 fully saturated rings. The van der Waals surface area contributed by atoms with Gasteiger partial charge in [-0.3, -0.25) is 10.1 Å². The molecule has 0 aliphatic heterocycles. The molecule has 2 aromatic carbocycles. The highest BCUT2D eigenvalue weighted by Crippen LogP contribution is 2.36. The number of nitro benzene ring substituents is 1. The van der Waals surface area contributed by atoms with E-state index in [-0.39, 0.29) is 22.7 Å². The van der Waals surface area contributed by atoms with Gasteiger partial charge in [0.25, 0.3) is 0 Å². The van der Waals surface area contributed by atoms with Crippen LogP contribution in [0.1, 0.15) is 18.6 Å². The summed E-state index contributed by atoms with van der Waals surface area (Å²) in [6.07, 6.45) is -0.967. The Bertz CT molecular complexity index is 691. The van der Waals surface area contributed by atoms with E-state index in [1.807, 2.05) is 0 Å². The third kappa shape index (κ3) is 3.56. The van der Waals surface area contributed by atoms with Crippen molar-refractivity contribution < 1.29 is 19.2 Å². The normalized spacial score (nSPS) is 12.0. The first-order valence-corrected chi connectivity index (χ1v) is 6.77. The van der Waals surface area contributed by atoms with Crippen LogP contribution < -0.4 is 4.74 Å². The van der Waals surface area contributed by atoms with E-state index < -0.39 is 16.8 Å². The Kier molecular flexibility index (Phi) is 4.54. The highest BCUT2D eigenvalue weighted by atomic mass is 79.9. The van der Waals surface area contributed by atoms with Gasteiger partial charge in [0.15, 0.2) is 0 Å². The molecule has 0 saturated heterocycles. The lowest BCUT2D eigenvalue weighted by Crippen LogP contribution is -1.99. The summed E-state index contributed by atoms with van der Waals surface area (Å²) in [4.78, 5) is 10.5. The first-order chi connectivity index (χ1) is 9.88. The van der Waals surface area contributed by atoms with E-state index in [1.165, 1.54) is 25.1 Å². The number of nitrogens with zero attached hydrogens (tertiary/aromatic N) is 1. The Labute approximate surface area is 128 Å². The third-order valence-corrected chi connectivity index (χ3v) is 3.25. The highest BCUT2D eigenvalue weighted by molar-refractivity contribution is 9.10. The topological polar surface area (TPSA) is 72.6 Å². The maximum Gasteiger partial charge on any atom is 0.312 e. The second-order valence-electron chi connectivity index (χ2n) is 4.33. The first kappa shape index (κ1) is 15.4. The average molecular weight is 356 g/mol. The van der Waals surface area contributed by atoms with Gasteiger partial charge in [0.2, 0.25) is 5.75 Å². The van der Waals surface area contributed by atoms with Crippen LogP contribution in [-0.2, 0) is 0 Å². The summed E-state index contributed by atoms with van der Waals surface area (Å²) in [6.45, 7) is 1.46. The Hall–Kier alpha value is -1.99. The fourth-order valence-electron chi connectivity index (χ4n) is 1.78. The van der Waals surface area contributed by atoms with Crippen molar-refractivity contribution in [3.63, 3.8) is 0 Å². The van der Waals surface area contributed by atoms with Crippen LogP contribution in [0.3, 0.4) is 0 Å². The Balaban J connectivity index is 2.46. The summed E-state index contributed by atoms with van der Waals surface area (Å²) in [5, 5.41) is 20.7. The molecule has 0 amide bonds. The van der Waals surface area contributed by atoms with E-state index in [9.17, 15) is 19.6 Å². The maximum atomic E-state index is 13.2. The molecule has 0 aliphatic carbocycles. The SMILES string of the molecule is CC(O)c1cc(F)ccc1Oc1ccc(Br)cc1[N+](=O)[O-]. The minimum Gasteiger partial charge on any atom is -0.450 e. The molecule has 5 nitrogen and oxygen atoms in total. The number of aliphatic hydroxyl groups is 1. The Morgan fingerprint density at radius 3 is 2.57 bits per heavy atom. The van der Waals surface area contributed by atoms with Crippen LogP contribution in [0.2, 0.25) is 0 Å².